The zero-order chi connectivity index (χ0) is 27.0. The van der Waals surface area contributed by atoms with Crippen LogP contribution in [0.4, 0.5) is 11.5 Å². The number of para-hydroxylation sites is 1. The van der Waals surface area contributed by atoms with Gasteiger partial charge >= 0.3 is 0 Å². The molecule has 1 atom stereocenters. The SMILES string of the molecule is CC1=CC2=Nc3c(c(C)nn3-c3ccc(Cl)c(Cl)c3)[C@H](c3coc4ccc(Cl)cc4c3=O)N2c2ccccc21. The van der Waals surface area contributed by atoms with Crippen LogP contribution in [0.2, 0.25) is 15.1 Å². The van der Waals surface area contributed by atoms with Gasteiger partial charge in [0.1, 0.15) is 17.7 Å². The van der Waals surface area contributed by atoms with E-state index in [0.717, 1.165) is 28.1 Å². The largest absolute Gasteiger partial charge is 0.464 e. The van der Waals surface area contributed by atoms with Crippen LogP contribution < -0.4 is 10.3 Å². The molecule has 0 aliphatic carbocycles. The van der Waals surface area contributed by atoms with Crippen molar-refractivity contribution in [3.8, 4) is 5.69 Å². The van der Waals surface area contributed by atoms with E-state index in [0.29, 0.717) is 48.9 Å². The zero-order valence-corrected chi connectivity index (χ0v) is 23.0. The van der Waals surface area contributed by atoms with E-state index in [1.807, 2.05) is 37.3 Å². The molecule has 3 aromatic carbocycles. The molecular formula is C30H19Cl3N4O2. The molecule has 192 valence electrons. The lowest BCUT2D eigenvalue weighted by Crippen LogP contribution is -2.41. The highest BCUT2D eigenvalue weighted by atomic mass is 35.5. The molecular weight excluding hydrogens is 555 g/mol. The second-order valence-corrected chi connectivity index (χ2v) is 10.8. The number of allylic oxidation sites excluding steroid dienone is 1. The molecule has 0 amide bonds. The minimum Gasteiger partial charge on any atom is -0.464 e. The Kier molecular flexibility index (Phi) is 5.49. The summed E-state index contributed by atoms with van der Waals surface area (Å²) in [6.07, 6.45) is 3.57. The standard InChI is InChI=1S/C30H19Cl3N4O2/c1-15-11-26-34-30-27(16(2)35-37(30)18-8-9-22(32)23(33)13-18)28(36(26)24-6-4-3-5-19(15)24)21-14-39-25-10-7-17(31)12-20(25)29(21)38/h3-14,28H,1-2H3/t28-/m0/s1. The molecule has 7 rings (SSSR count). The number of aromatic nitrogens is 2. The van der Waals surface area contributed by atoms with Crippen LogP contribution in [0.3, 0.4) is 0 Å². The van der Waals surface area contributed by atoms with Crippen LogP contribution >= 0.6 is 34.8 Å². The molecule has 2 aromatic heterocycles. The van der Waals surface area contributed by atoms with Crippen LogP contribution in [0.1, 0.15) is 35.3 Å². The molecule has 0 spiro atoms. The summed E-state index contributed by atoms with van der Waals surface area (Å²) in [4.78, 5) is 21.2. The van der Waals surface area contributed by atoms with Crippen LogP contribution in [-0.4, -0.2) is 15.6 Å². The maximum Gasteiger partial charge on any atom is 0.198 e. The topological polar surface area (TPSA) is 63.6 Å². The Balaban J connectivity index is 1.55. The number of rotatable bonds is 2. The molecule has 0 N–H and O–H groups in total. The monoisotopic (exact) mass is 572 g/mol. The van der Waals surface area contributed by atoms with Crippen molar-refractivity contribution >= 4 is 68.7 Å². The zero-order valence-electron chi connectivity index (χ0n) is 20.7. The number of aliphatic imine (C=N–C) groups is 1. The number of benzene rings is 3. The van der Waals surface area contributed by atoms with Gasteiger partial charge in [-0.15, -0.1) is 0 Å². The Labute approximate surface area is 238 Å². The van der Waals surface area contributed by atoms with Gasteiger partial charge in [0.2, 0.25) is 0 Å². The fraction of sp³-hybridized carbons (Fsp3) is 0.100. The van der Waals surface area contributed by atoms with Gasteiger partial charge in [-0.2, -0.15) is 5.10 Å². The first-order valence-corrected chi connectivity index (χ1v) is 13.4. The summed E-state index contributed by atoms with van der Waals surface area (Å²) in [7, 11) is 0. The Hall–Kier alpha value is -3.84. The summed E-state index contributed by atoms with van der Waals surface area (Å²) in [5, 5.41) is 6.59. The molecule has 0 unspecified atom stereocenters. The number of aryl methyl sites for hydroxylation is 1. The van der Waals surface area contributed by atoms with Gasteiger partial charge < -0.3 is 9.32 Å². The van der Waals surface area contributed by atoms with Crippen molar-refractivity contribution in [1.29, 1.82) is 0 Å². The molecule has 2 aliphatic rings. The van der Waals surface area contributed by atoms with E-state index in [2.05, 4.69) is 17.9 Å². The van der Waals surface area contributed by atoms with Crippen molar-refractivity contribution < 1.29 is 4.42 Å². The Morgan fingerprint density at radius 3 is 2.59 bits per heavy atom. The van der Waals surface area contributed by atoms with Crippen LogP contribution in [0.25, 0.3) is 22.2 Å². The van der Waals surface area contributed by atoms with E-state index in [1.54, 1.807) is 41.3 Å². The highest BCUT2D eigenvalue weighted by molar-refractivity contribution is 6.42. The minimum absolute atomic E-state index is 0.165. The van der Waals surface area contributed by atoms with E-state index < -0.39 is 6.04 Å². The average Bonchev–Trinajstić information content (AvgIpc) is 3.26. The summed E-state index contributed by atoms with van der Waals surface area (Å²) in [5.41, 5.74) is 6.05. The molecule has 5 aromatic rings. The second-order valence-electron chi connectivity index (χ2n) is 9.58. The number of hydrogen-bond acceptors (Lipinski definition) is 5. The number of nitrogens with zero attached hydrogens (tertiary/aromatic N) is 4. The van der Waals surface area contributed by atoms with Crippen LogP contribution in [0.5, 0.6) is 0 Å². The maximum atomic E-state index is 14.1. The van der Waals surface area contributed by atoms with E-state index >= 15 is 0 Å². The van der Waals surface area contributed by atoms with Crippen LogP contribution in [0, 0.1) is 6.92 Å². The predicted octanol–water partition coefficient (Wildman–Crippen LogP) is 8.30. The lowest BCUT2D eigenvalue weighted by molar-refractivity contribution is 0.585. The minimum atomic E-state index is -0.561. The molecule has 0 radical (unpaired) electrons. The van der Waals surface area contributed by atoms with E-state index in [9.17, 15) is 4.79 Å². The first-order valence-electron chi connectivity index (χ1n) is 12.2. The fourth-order valence-electron chi connectivity index (χ4n) is 5.43. The van der Waals surface area contributed by atoms with Gasteiger partial charge in [-0.25, -0.2) is 9.67 Å². The quantitative estimate of drug-likeness (QED) is 0.213. The molecule has 0 fully saturated rings. The van der Waals surface area contributed by atoms with Crippen LogP contribution in [0.15, 0.2) is 87.2 Å². The third-order valence-corrected chi connectivity index (χ3v) is 8.19. The van der Waals surface area contributed by atoms with Gasteiger partial charge in [-0.3, -0.25) is 4.79 Å². The molecule has 6 nitrogen and oxygen atoms in total. The highest BCUT2D eigenvalue weighted by Crippen LogP contribution is 2.47. The van der Waals surface area contributed by atoms with Crippen LogP contribution in [-0.2, 0) is 0 Å². The summed E-state index contributed by atoms with van der Waals surface area (Å²) in [6, 6.07) is 17.9. The van der Waals surface area contributed by atoms with Crippen molar-refractivity contribution in [2.45, 2.75) is 19.9 Å². The second kappa shape index (κ2) is 8.85. The van der Waals surface area contributed by atoms with Crippen molar-refractivity contribution in [2.75, 3.05) is 4.90 Å². The van der Waals surface area contributed by atoms with Gasteiger partial charge in [0.25, 0.3) is 0 Å². The molecule has 39 heavy (non-hydrogen) atoms. The van der Waals surface area contributed by atoms with E-state index in [4.69, 9.17) is 49.3 Å². The molecule has 9 heteroatoms. The predicted molar refractivity (Wildman–Crippen MR) is 157 cm³/mol. The van der Waals surface area contributed by atoms with Crippen molar-refractivity contribution in [2.24, 2.45) is 4.99 Å². The molecule has 0 bridgehead atoms. The number of hydrogen-bond donors (Lipinski definition) is 0. The summed E-state index contributed by atoms with van der Waals surface area (Å²) in [6.45, 7) is 3.97. The molecule has 4 heterocycles. The number of fused-ring (bicyclic) bond motifs is 5. The average molecular weight is 574 g/mol. The van der Waals surface area contributed by atoms with Gasteiger partial charge in [-0.05, 0) is 68.0 Å². The van der Waals surface area contributed by atoms with E-state index in [1.165, 1.54) is 0 Å². The first kappa shape index (κ1) is 24.2. The lowest BCUT2D eigenvalue weighted by Gasteiger charge is -2.39. The van der Waals surface area contributed by atoms with Crippen molar-refractivity contribution in [3.05, 3.63) is 121 Å². The molecule has 0 saturated heterocycles. The number of amidine groups is 1. The molecule has 2 aliphatic heterocycles. The third kappa shape index (κ3) is 3.67. The Morgan fingerprint density at radius 2 is 1.77 bits per heavy atom. The fourth-order valence-corrected chi connectivity index (χ4v) is 5.89. The first-order chi connectivity index (χ1) is 18.8. The van der Waals surface area contributed by atoms with Gasteiger partial charge in [0, 0.05) is 16.1 Å². The Morgan fingerprint density at radius 1 is 0.949 bits per heavy atom. The number of halogens is 3. The highest BCUT2D eigenvalue weighted by Gasteiger charge is 2.40. The van der Waals surface area contributed by atoms with Gasteiger partial charge in [-0.1, -0.05) is 53.0 Å². The molecule has 0 saturated carbocycles. The Bertz CT molecular complexity index is 1970. The summed E-state index contributed by atoms with van der Waals surface area (Å²) < 4.78 is 7.74. The smallest absolute Gasteiger partial charge is 0.198 e. The van der Waals surface area contributed by atoms with E-state index in [-0.39, 0.29) is 5.43 Å². The lowest BCUT2D eigenvalue weighted by atomic mass is 9.90. The van der Waals surface area contributed by atoms with Crippen molar-refractivity contribution in [1.82, 2.24) is 9.78 Å². The normalized spacial score (nSPS) is 15.9. The summed E-state index contributed by atoms with van der Waals surface area (Å²) >= 11 is 18.8. The number of anilines is 1. The van der Waals surface area contributed by atoms with Gasteiger partial charge in [0.15, 0.2) is 11.2 Å². The van der Waals surface area contributed by atoms with Gasteiger partial charge in [0.05, 0.1) is 44.1 Å². The van der Waals surface area contributed by atoms with Crippen molar-refractivity contribution in [3.63, 3.8) is 0 Å². The maximum absolute atomic E-state index is 14.1. The third-order valence-electron chi connectivity index (χ3n) is 7.22. The summed E-state index contributed by atoms with van der Waals surface area (Å²) in [5.74, 6) is 1.30.